The van der Waals surface area contributed by atoms with Crippen molar-refractivity contribution < 1.29 is 36.6 Å². The minimum absolute atomic E-state index is 0.0396. The summed E-state index contributed by atoms with van der Waals surface area (Å²) in [5.41, 5.74) is -3.29. The molecule has 0 radical (unpaired) electrons. The number of fused-ring (bicyclic) bond motifs is 4. The molecule has 2 aromatic carbocycles. The van der Waals surface area contributed by atoms with Gasteiger partial charge in [-0.25, -0.2) is 4.98 Å². The number of benzene rings is 2. The van der Waals surface area contributed by atoms with Gasteiger partial charge in [-0.05, 0) is 30.3 Å². The van der Waals surface area contributed by atoms with Crippen molar-refractivity contribution in [3.8, 4) is 0 Å². The molecule has 30 heavy (non-hydrogen) atoms. The fraction of sp³-hybridized carbons (Fsp3) is 0.158. The third-order valence-corrected chi connectivity index (χ3v) is 4.88. The summed E-state index contributed by atoms with van der Waals surface area (Å²) in [6, 6.07) is 6.29. The van der Waals surface area contributed by atoms with Crippen LogP contribution in [0.4, 0.5) is 26.3 Å². The average molecular weight is 447 g/mol. The van der Waals surface area contributed by atoms with E-state index in [1.165, 1.54) is 18.2 Å². The van der Waals surface area contributed by atoms with Gasteiger partial charge in [0, 0.05) is 32.9 Å². The van der Waals surface area contributed by atoms with Crippen LogP contribution in [-0.4, -0.2) is 26.4 Å². The van der Waals surface area contributed by atoms with E-state index in [4.69, 9.17) is 11.6 Å². The van der Waals surface area contributed by atoms with Crippen LogP contribution in [0.25, 0.3) is 32.7 Å². The third-order valence-electron chi connectivity index (χ3n) is 4.65. The Labute approximate surface area is 168 Å². The summed E-state index contributed by atoms with van der Waals surface area (Å²) >= 11 is 5.81. The molecule has 156 valence electrons. The van der Waals surface area contributed by atoms with Crippen molar-refractivity contribution in [3.05, 3.63) is 58.7 Å². The quantitative estimate of drug-likeness (QED) is 0.180. The molecule has 2 N–H and O–H groups in total. The van der Waals surface area contributed by atoms with Crippen LogP contribution in [0, 0.1) is 0 Å². The van der Waals surface area contributed by atoms with Crippen molar-refractivity contribution in [1.29, 1.82) is 0 Å². The zero-order chi connectivity index (χ0) is 22.1. The molecule has 0 unspecified atom stereocenters. The van der Waals surface area contributed by atoms with Gasteiger partial charge in [-0.1, -0.05) is 17.7 Å². The number of alkyl halides is 6. The SMILES string of the molecule is OC(O)(c1cc2c(C(F)(F)F)c3cc(Cl)ccc3nc2c2ncccc12)C(F)(F)F. The number of aliphatic hydroxyl groups is 2. The van der Waals surface area contributed by atoms with Gasteiger partial charge in [0.2, 0.25) is 0 Å². The molecule has 0 aliphatic heterocycles. The third kappa shape index (κ3) is 3.03. The van der Waals surface area contributed by atoms with Crippen LogP contribution >= 0.6 is 11.6 Å². The predicted molar refractivity (Wildman–Crippen MR) is 96.7 cm³/mol. The summed E-state index contributed by atoms with van der Waals surface area (Å²) in [4.78, 5) is 8.01. The van der Waals surface area contributed by atoms with Gasteiger partial charge in [0.15, 0.2) is 0 Å². The number of hydrogen-bond acceptors (Lipinski definition) is 4. The van der Waals surface area contributed by atoms with Crippen LogP contribution in [0.2, 0.25) is 5.02 Å². The Morgan fingerprint density at radius 1 is 0.833 bits per heavy atom. The maximum atomic E-state index is 14.0. The molecular formula is C19H9ClF6N2O2. The highest BCUT2D eigenvalue weighted by molar-refractivity contribution is 6.31. The number of hydrogen-bond donors (Lipinski definition) is 2. The van der Waals surface area contributed by atoms with E-state index in [0.29, 0.717) is 6.07 Å². The van der Waals surface area contributed by atoms with E-state index < -0.39 is 45.4 Å². The van der Waals surface area contributed by atoms with Gasteiger partial charge < -0.3 is 10.2 Å². The van der Waals surface area contributed by atoms with E-state index in [1.54, 1.807) is 0 Å². The fourth-order valence-electron chi connectivity index (χ4n) is 3.35. The summed E-state index contributed by atoms with van der Waals surface area (Å²) in [6.07, 6.45) is -9.46. The van der Waals surface area contributed by atoms with Gasteiger partial charge >= 0.3 is 12.4 Å². The minimum Gasteiger partial charge on any atom is -0.355 e. The van der Waals surface area contributed by atoms with Crippen LogP contribution in [0.5, 0.6) is 0 Å². The lowest BCUT2D eigenvalue weighted by Gasteiger charge is -2.27. The summed E-state index contributed by atoms with van der Waals surface area (Å²) in [7, 11) is 0. The monoisotopic (exact) mass is 446 g/mol. The van der Waals surface area contributed by atoms with E-state index in [9.17, 15) is 36.6 Å². The Morgan fingerprint density at radius 3 is 2.17 bits per heavy atom. The summed E-state index contributed by atoms with van der Waals surface area (Å²) < 4.78 is 81.9. The van der Waals surface area contributed by atoms with E-state index in [-0.39, 0.29) is 21.6 Å². The lowest BCUT2D eigenvalue weighted by molar-refractivity contribution is -0.357. The van der Waals surface area contributed by atoms with Gasteiger partial charge in [-0.2, -0.15) is 26.3 Å². The normalized spacial score (nSPS) is 13.5. The maximum Gasteiger partial charge on any atom is 0.447 e. The first-order valence-corrected chi connectivity index (χ1v) is 8.60. The Bertz CT molecular complexity index is 1320. The number of aromatic nitrogens is 2. The molecule has 0 spiro atoms. The van der Waals surface area contributed by atoms with E-state index >= 15 is 0 Å². The molecule has 11 heteroatoms. The van der Waals surface area contributed by atoms with Crippen LogP contribution in [0.3, 0.4) is 0 Å². The first kappa shape index (κ1) is 20.6. The molecule has 4 nitrogen and oxygen atoms in total. The van der Waals surface area contributed by atoms with Crippen molar-refractivity contribution in [2.75, 3.05) is 0 Å². The summed E-state index contributed by atoms with van der Waals surface area (Å²) in [6.45, 7) is 0. The standard InChI is InChI=1S/C19H9ClF6N2O2/c20-8-3-4-13-10(6-8)14(18(21,22)23)11-7-12(17(29,30)19(24,25)26)9-2-1-5-27-15(9)16(11)28-13/h1-7,29-30H. The van der Waals surface area contributed by atoms with E-state index in [2.05, 4.69) is 9.97 Å². The number of halogens is 7. The average Bonchev–Trinajstić information content (AvgIpc) is 2.63. The second kappa shape index (κ2) is 6.40. The highest BCUT2D eigenvalue weighted by atomic mass is 35.5. The minimum atomic E-state index is -5.59. The van der Waals surface area contributed by atoms with Crippen LogP contribution in [0.1, 0.15) is 11.1 Å². The highest BCUT2D eigenvalue weighted by Gasteiger charge is 2.55. The Balaban J connectivity index is 2.31. The number of nitrogens with zero attached hydrogens (tertiary/aromatic N) is 2. The van der Waals surface area contributed by atoms with Crippen LogP contribution < -0.4 is 0 Å². The molecule has 0 amide bonds. The first-order chi connectivity index (χ1) is 13.8. The molecule has 0 bridgehead atoms. The zero-order valence-electron chi connectivity index (χ0n) is 14.5. The molecule has 2 aromatic heterocycles. The molecule has 4 aromatic rings. The smallest absolute Gasteiger partial charge is 0.355 e. The zero-order valence-corrected chi connectivity index (χ0v) is 15.2. The molecule has 0 saturated carbocycles. The molecule has 4 rings (SSSR count). The summed E-state index contributed by atoms with van der Waals surface area (Å²) in [5, 5.41) is 18.0. The Hall–Kier alpha value is -2.69. The summed E-state index contributed by atoms with van der Waals surface area (Å²) in [5.74, 6) is -4.42. The first-order valence-electron chi connectivity index (χ1n) is 8.22. The molecule has 0 saturated heterocycles. The van der Waals surface area contributed by atoms with Crippen molar-refractivity contribution in [2.45, 2.75) is 18.1 Å². The van der Waals surface area contributed by atoms with Crippen LogP contribution in [-0.2, 0) is 12.0 Å². The molecule has 0 atom stereocenters. The van der Waals surface area contributed by atoms with Crippen molar-refractivity contribution in [3.63, 3.8) is 0 Å². The second-order valence-electron chi connectivity index (χ2n) is 6.54. The lowest BCUT2D eigenvalue weighted by atomic mass is 9.93. The van der Waals surface area contributed by atoms with Gasteiger partial charge in [-0.15, -0.1) is 0 Å². The van der Waals surface area contributed by atoms with Gasteiger partial charge in [0.25, 0.3) is 5.79 Å². The molecule has 0 aliphatic carbocycles. The predicted octanol–water partition coefficient (Wildman–Crippen LogP) is 5.31. The highest BCUT2D eigenvalue weighted by Crippen LogP contribution is 2.45. The topological polar surface area (TPSA) is 66.2 Å². The second-order valence-corrected chi connectivity index (χ2v) is 6.97. The van der Waals surface area contributed by atoms with Gasteiger partial charge in [0.05, 0.1) is 22.1 Å². The number of pyridine rings is 2. The van der Waals surface area contributed by atoms with Crippen molar-refractivity contribution in [2.24, 2.45) is 0 Å². The van der Waals surface area contributed by atoms with Crippen LogP contribution in [0.15, 0.2) is 42.6 Å². The van der Waals surface area contributed by atoms with E-state index in [1.807, 2.05) is 0 Å². The van der Waals surface area contributed by atoms with Gasteiger partial charge in [0.1, 0.15) is 0 Å². The van der Waals surface area contributed by atoms with Crippen molar-refractivity contribution >= 4 is 44.3 Å². The molecular weight excluding hydrogens is 438 g/mol. The maximum absolute atomic E-state index is 14.0. The van der Waals surface area contributed by atoms with Crippen molar-refractivity contribution in [1.82, 2.24) is 9.97 Å². The largest absolute Gasteiger partial charge is 0.447 e. The number of rotatable bonds is 1. The lowest BCUT2D eigenvalue weighted by Crippen LogP contribution is -2.42. The van der Waals surface area contributed by atoms with Gasteiger partial charge in [-0.3, -0.25) is 4.98 Å². The molecule has 2 heterocycles. The Kier molecular flexibility index (Phi) is 4.39. The van der Waals surface area contributed by atoms with E-state index in [0.717, 1.165) is 18.3 Å². The molecule has 0 fully saturated rings. The molecule has 0 aliphatic rings. The Morgan fingerprint density at radius 2 is 1.53 bits per heavy atom. The fourth-order valence-corrected chi connectivity index (χ4v) is 3.52.